The molecule has 8 heteroatoms. The third-order valence-electron chi connectivity index (χ3n) is 3.82. The normalized spacial score (nSPS) is 12.1. The fourth-order valence-electron chi connectivity index (χ4n) is 2.58. The summed E-state index contributed by atoms with van der Waals surface area (Å²) >= 11 is 0. The summed E-state index contributed by atoms with van der Waals surface area (Å²) in [6, 6.07) is 15.5. The van der Waals surface area contributed by atoms with Crippen LogP contribution in [0.25, 0.3) is 0 Å². The molecule has 0 aliphatic carbocycles. The van der Waals surface area contributed by atoms with E-state index in [1.54, 1.807) is 18.2 Å². The van der Waals surface area contributed by atoms with Crippen molar-refractivity contribution in [2.24, 2.45) is 0 Å². The van der Waals surface area contributed by atoms with Crippen molar-refractivity contribution in [3.63, 3.8) is 0 Å². The molecular weight excluding hydrogens is 366 g/mol. The Morgan fingerprint density at radius 3 is 2.33 bits per heavy atom. The van der Waals surface area contributed by atoms with Crippen LogP contribution >= 0.6 is 0 Å². The molecule has 0 radical (unpaired) electrons. The van der Waals surface area contributed by atoms with E-state index >= 15 is 0 Å². The first kappa shape index (κ1) is 20.4. The molecule has 0 heterocycles. The monoisotopic (exact) mass is 389 g/mol. The van der Waals surface area contributed by atoms with E-state index in [-0.39, 0.29) is 18.5 Å². The fraction of sp³-hybridized carbons (Fsp3) is 0.263. The van der Waals surface area contributed by atoms with E-state index < -0.39 is 15.9 Å². The summed E-state index contributed by atoms with van der Waals surface area (Å²) in [7, 11) is -3.70. The van der Waals surface area contributed by atoms with Crippen LogP contribution in [0, 0.1) is 0 Å². The van der Waals surface area contributed by atoms with Crippen LogP contribution in [0.2, 0.25) is 0 Å². The fourth-order valence-corrected chi connectivity index (χ4v) is 3.43. The Labute approximate surface area is 159 Å². The molecule has 2 N–H and O–H groups in total. The first-order valence-electron chi connectivity index (χ1n) is 8.36. The quantitative estimate of drug-likeness (QED) is 0.759. The number of amides is 2. The van der Waals surface area contributed by atoms with Gasteiger partial charge in [-0.05, 0) is 30.7 Å². The van der Waals surface area contributed by atoms with Gasteiger partial charge in [0.2, 0.25) is 21.8 Å². The maximum absolute atomic E-state index is 12.4. The number of hydrogen-bond acceptors (Lipinski definition) is 4. The van der Waals surface area contributed by atoms with Crippen LogP contribution < -0.4 is 14.9 Å². The van der Waals surface area contributed by atoms with Gasteiger partial charge in [0, 0.05) is 12.6 Å². The Hall–Kier alpha value is -2.87. The van der Waals surface area contributed by atoms with Gasteiger partial charge >= 0.3 is 0 Å². The van der Waals surface area contributed by atoms with Crippen LogP contribution in [0.5, 0.6) is 0 Å². The highest BCUT2D eigenvalue weighted by atomic mass is 32.2. The lowest BCUT2D eigenvalue weighted by atomic mass is 10.1. The zero-order valence-corrected chi connectivity index (χ0v) is 16.3. The molecule has 0 aliphatic rings. The number of sulfonamides is 1. The van der Waals surface area contributed by atoms with E-state index in [2.05, 4.69) is 10.6 Å². The zero-order chi connectivity index (χ0) is 20.0. The highest BCUT2D eigenvalue weighted by molar-refractivity contribution is 7.92. The van der Waals surface area contributed by atoms with Crippen molar-refractivity contribution in [3.05, 3.63) is 60.2 Å². The van der Waals surface area contributed by atoms with Crippen molar-refractivity contribution >= 4 is 33.2 Å². The minimum Gasteiger partial charge on any atom is -0.348 e. The lowest BCUT2D eigenvalue weighted by Gasteiger charge is -2.23. The Balaban J connectivity index is 2.18. The van der Waals surface area contributed by atoms with Gasteiger partial charge in [-0.2, -0.15) is 0 Å². The molecular formula is C19H23N3O4S. The summed E-state index contributed by atoms with van der Waals surface area (Å²) in [5.41, 5.74) is 1.67. The van der Waals surface area contributed by atoms with Crippen LogP contribution in [0.3, 0.4) is 0 Å². The van der Waals surface area contributed by atoms with Crippen molar-refractivity contribution in [2.45, 2.75) is 19.9 Å². The maximum Gasteiger partial charge on any atom is 0.241 e. The predicted octanol–water partition coefficient (Wildman–Crippen LogP) is 2.29. The topological polar surface area (TPSA) is 95.6 Å². The first-order valence-corrected chi connectivity index (χ1v) is 10.2. The predicted molar refractivity (Wildman–Crippen MR) is 106 cm³/mol. The molecule has 2 aromatic rings. The third kappa shape index (κ3) is 6.10. The molecule has 1 unspecified atom stereocenters. The Bertz CT molecular complexity index is 914. The summed E-state index contributed by atoms with van der Waals surface area (Å²) in [4.78, 5) is 23.7. The molecule has 0 fully saturated rings. The second kappa shape index (κ2) is 8.68. The van der Waals surface area contributed by atoms with Crippen LogP contribution in [-0.2, 0) is 19.6 Å². The molecule has 0 spiro atoms. The molecule has 0 bridgehead atoms. The molecule has 27 heavy (non-hydrogen) atoms. The lowest BCUT2D eigenvalue weighted by Crippen LogP contribution is -2.41. The molecule has 0 saturated heterocycles. The van der Waals surface area contributed by atoms with Gasteiger partial charge in [-0.3, -0.25) is 13.9 Å². The van der Waals surface area contributed by atoms with Gasteiger partial charge in [-0.1, -0.05) is 36.4 Å². The van der Waals surface area contributed by atoms with Crippen LogP contribution in [-0.4, -0.2) is 33.0 Å². The van der Waals surface area contributed by atoms with E-state index in [1.807, 2.05) is 37.3 Å². The SMILES string of the molecule is CC(=O)Nc1cccc(N(CC(=O)NC(C)c2ccccc2)S(C)(=O)=O)c1. The van der Waals surface area contributed by atoms with Crippen LogP contribution in [0.15, 0.2) is 54.6 Å². The molecule has 7 nitrogen and oxygen atoms in total. The minimum absolute atomic E-state index is 0.258. The van der Waals surface area contributed by atoms with E-state index in [0.717, 1.165) is 16.1 Å². The van der Waals surface area contributed by atoms with Crippen molar-refractivity contribution in [1.29, 1.82) is 0 Å². The number of nitrogens with one attached hydrogen (secondary N) is 2. The summed E-state index contributed by atoms with van der Waals surface area (Å²) in [5.74, 6) is -0.700. The molecule has 2 rings (SSSR count). The molecule has 0 aromatic heterocycles. The number of hydrogen-bond donors (Lipinski definition) is 2. The number of anilines is 2. The number of carbonyl (C=O) groups excluding carboxylic acids is 2. The van der Waals surface area contributed by atoms with Gasteiger partial charge in [-0.25, -0.2) is 8.42 Å². The first-order chi connectivity index (χ1) is 12.7. The van der Waals surface area contributed by atoms with Gasteiger partial charge in [0.05, 0.1) is 18.0 Å². The number of nitrogens with zero attached hydrogens (tertiary/aromatic N) is 1. The molecule has 1 atom stereocenters. The van der Waals surface area contributed by atoms with E-state index in [0.29, 0.717) is 11.4 Å². The van der Waals surface area contributed by atoms with Gasteiger partial charge in [-0.15, -0.1) is 0 Å². The molecule has 144 valence electrons. The Morgan fingerprint density at radius 1 is 1.07 bits per heavy atom. The number of carbonyl (C=O) groups is 2. The smallest absolute Gasteiger partial charge is 0.241 e. The second-order valence-corrected chi connectivity index (χ2v) is 8.11. The van der Waals surface area contributed by atoms with Crippen molar-refractivity contribution in [3.8, 4) is 0 Å². The third-order valence-corrected chi connectivity index (χ3v) is 4.96. The number of benzene rings is 2. The van der Waals surface area contributed by atoms with Crippen molar-refractivity contribution in [1.82, 2.24) is 5.32 Å². The standard InChI is InChI=1S/C19H23N3O4S/c1-14(16-8-5-4-6-9-16)20-19(24)13-22(27(3,25)26)18-11-7-10-17(12-18)21-15(2)23/h4-12,14H,13H2,1-3H3,(H,20,24)(H,21,23). The lowest BCUT2D eigenvalue weighted by molar-refractivity contribution is -0.120. The summed E-state index contributed by atoms with van der Waals surface area (Å²) in [6.45, 7) is 2.83. The molecule has 0 saturated carbocycles. The van der Waals surface area contributed by atoms with Gasteiger partial charge in [0.25, 0.3) is 0 Å². The molecule has 0 aliphatic heterocycles. The average molecular weight is 389 g/mol. The zero-order valence-electron chi connectivity index (χ0n) is 15.5. The summed E-state index contributed by atoms with van der Waals surface area (Å²) < 4.78 is 25.4. The van der Waals surface area contributed by atoms with Crippen LogP contribution in [0.4, 0.5) is 11.4 Å². The largest absolute Gasteiger partial charge is 0.348 e. The number of rotatable bonds is 7. The molecule has 2 aromatic carbocycles. The average Bonchev–Trinajstić information content (AvgIpc) is 2.59. The van der Waals surface area contributed by atoms with Gasteiger partial charge < -0.3 is 10.6 Å². The van der Waals surface area contributed by atoms with E-state index in [4.69, 9.17) is 0 Å². The highest BCUT2D eigenvalue weighted by Gasteiger charge is 2.22. The van der Waals surface area contributed by atoms with Crippen molar-refractivity contribution < 1.29 is 18.0 Å². The van der Waals surface area contributed by atoms with Gasteiger partial charge in [0.1, 0.15) is 6.54 Å². The van der Waals surface area contributed by atoms with Crippen LogP contribution in [0.1, 0.15) is 25.5 Å². The van der Waals surface area contributed by atoms with E-state index in [1.165, 1.54) is 13.0 Å². The van der Waals surface area contributed by atoms with Gasteiger partial charge in [0.15, 0.2) is 0 Å². The minimum atomic E-state index is -3.70. The Morgan fingerprint density at radius 2 is 1.74 bits per heavy atom. The summed E-state index contributed by atoms with van der Waals surface area (Å²) in [6.07, 6.45) is 1.03. The van der Waals surface area contributed by atoms with Crippen molar-refractivity contribution in [2.75, 3.05) is 22.4 Å². The highest BCUT2D eigenvalue weighted by Crippen LogP contribution is 2.22. The Kier molecular flexibility index (Phi) is 6.57. The maximum atomic E-state index is 12.4. The second-order valence-electron chi connectivity index (χ2n) is 6.20. The van der Waals surface area contributed by atoms with E-state index in [9.17, 15) is 18.0 Å². The molecule has 2 amide bonds. The summed E-state index contributed by atoms with van der Waals surface area (Å²) in [5, 5.41) is 5.40.